The topological polar surface area (TPSA) is 46.1 Å². The number of hydrogen-bond donors (Lipinski definition) is 0. The van der Waals surface area contributed by atoms with E-state index in [-0.39, 0.29) is 16.2 Å². The molecule has 0 aliphatic rings. The first-order valence-electron chi connectivity index (χ1n) is 5.09. The highest BCUT2D eigenvalue weighted by molar-refractivity contribution is 6.33. The van der Waals surface area contributed by atoms with E-state index in [9.17, 15) is 4.79 Å². The summed E-state index contributed by atoms with van der Waals surface area (Å²) >= 11 is 11.5. The maximum Gasteiger partial charge on any atom is 0.258 e. The first-order valence-corrected chi connectivity index (χ1v) is 5.84. The Balaban J connectivity index is 2.31. The summed E-state index contributed by atoms with van der Waals surface area (Å²) < 4.78 is 0. The van der Waals surface area contributed by atoms with Gasteiger partial charge in [-0.15, -0.1) is 0 Å². The van der Waals surface area contributed by atoms with Crippen molar-refractivity contribution in [3.8, 4) is 0 Å². The minimum atomic E-state index is -0.228. The Morgan fingerprint density at radius 3 is 2.50 bits per heavy atom. The van der Waals surface area contributed by atoms with Gasteiger partial charge in [0, 0.05) is 18.8 Å². The third-order valence-electron chi connectivity index (χ3n) is 2.35. The molecule has 0 aromatic carbocycles. The van der Waals surface area contributed by atoms with Gasteiger partial charge in [-0.3, -0.25) is 9.78 Å². The molecule has 0 unspecified atom stereocenters. The van der Waals surface area contributed by atoms with E-state index in [1.807, 2.05) is 0 Å². The SMILES string of the molecule is CN(C(=O)c1cc(Cl)nc(Cl)c1)c1cccnc1. The van der Waals surface area contributed by atoms with E-state index < -0.39 is 0 Å². The van der Waals surface area contributed by atoms with Gasteiger partial charge in [-0.05, 0) is 24.3 Å². The molecule has 0 radical (unpaired) electrons. The molecular formula is C12H9Cl2N3O. The van der Waals surface area contributed by atoms with Crippen LogP contribution in [0.1, 0.15) is 10.4 Å². The van der Waals surface area contributed by atoms with Crippen molar-refractivity contribution in [1.29, 1.82) is 0 Å². The molecule has 0 atom stereocenters. The molecule has 0 bridgehead atoms. The van der Waals surface area contributed by atoms with Crippen molar-refractivity contribution in [3.05, 3.63) is 52.5 Å². The highest BCUT2D eigenvalue weighted by atomic mass is 35.5. The van der Waals surface area contributed by atoms with Crippen molar-refractivity contribution in [2.45, 2.75) is 0 Å². The second kappa shape index (κ2) is 5.33. The molecule has 4 nitrogen and oxygen atoms in total. The highest BCUT2D eigenvalue weighted by Gasteiger charge is 2.15. The fourth-order valence-electron chi connectivity index (χ4n) is 1.45. The molecule has 0 N–H and O–H groups in total. The lowest BCUT2D eigenvalue weighted by atomic mass is 10.2. The number of anilines is 1. The van der Waals surface area contributed by atoms with Crippen LogP contribution in [0.4, 0.5) is 5.69 Å². The molecule has 1 amide bonds. The van der Waals surface area contributed by atoms with E-state index in [1.54, 1.807) is 31.6 Å². The number of hydrogen-bond acceptors (Lipinski definition) is 3. The lowest BCUT2D eigenvalue weighted by molar-refractivity contribution is 0.0993. The lowest BCUT2D eigenvalue weighted by Crippen LogP contribution is -2.26. The number of carbonyl (C=O) groups excluding carboxylic acids is 1. The molecule has 18 heavy (non-hydrogen) atoms. The molecule has 0 spiro atoms. The van der Waals surface area contributed by atoms with Crippen molar-refractivity contribution >= 4 is 34.8 Å². The maximum atomic E-state index is 12.2. The molecule has 2 aromatic rings. The number of carbonyl (C=O) groups is 1. The largest absolute Gasteiger partial charge is 0.310 e. The average molecular weight is 282 g/mol. The van der Waals surface area contributed by atoms with Gasteiger partial charge in [0.1, 0.15) is 10.3 Å². The molecule has 92 valence electrons. The molecule has 0 fully saturated rings. The molecule has 0 aliphatic heterocycles. The number of halogens is 2. The summed E-state index contributed by atoms with van der Waals surface area (Å²) in [6, 6.07) is 6.49. The van der Waals surface area contributed by atoms with E-state index in [0.717, 1.165) is 0 Å². The Morgan fingerprint density at radius 1 is 1.28 bits per heavy atom. The van der Waals surface area contributed by atoms with Gasteiger partial charge in [-0.1, -0.05) is 23.2 Å². The molecule has 0 aliphatic carbocycles. The molecular weight excluding hydrogens is 273 g/mol. The molecule has 0 saturated heterocycles. The summed E-state index contributed by atoms with van der Waals surface area (Å²) in [6.07, 6.45) is 3.24. The third kappa shape index (κ3) is 2.78. The third-order valence-corrected chi connectivity index (χ3v) is 2.73. The summed E-state index contributed by atoms with van der Waals surface area (Å²) in [5, 5.41) is 0.371. The van der Waals surface area contributed by atoms with E-state index >= 15 is 0 Å². The maximum absolute atomic E-state index is 12.2. The molecule has 2 aromatic heterocycles. The first-order chi connectivity index (χ1) is 8.58. The number of pyridine rings is 2. The van der Waals surface area contributed by atoms with Crippen molar-refractivity contribution in [3.63, 3.8) is 0 Å². The Hall–Kier alpha value is -1.65. The van der Waals surface area contributed by atoms with E-state index in [2.05, 4.69) is 9.97 Å². The van der Waals surface area contributed by atoms with Crippen molar-refractivity contribution < 1.29 is 4.79 Å². The van der Waals surface area contributed by atoms with Gasteiger partial charge < -0.3 is 4.90 Å². The number of aromatic nitrogens is 2. The molecule has 0 saturated carbocycles. The summed E-state index contributed by atoms with van der Waals surface area (Å²) in [6.45, 7) is 0. The zero-order chi connectivity index (χ0) is 13.1. The fraction of sp³-hybridized carbons (Fsp3) is 0.0833. The smallest absolute Gasteiger partial charge is 0.258 e. The zero-order valence-corrected chi connectivity index (χ0v) is 11.0. The van der Waals surface area contributed by atoms with Crippen molar-refractivity contribution in [2.24, 2.45) is 0 Å². The van der Waals surface area contributed by atoms with Gasteiger partial charge in [0.15, 0.2) is 0 Å². The molecule has 6 heteroatoms. The van der Waals surface area contributed by atoms with Crippen LogP contribution in [0.15, 0.2) is 36.7 Å². The summed E-state index contributed by atoms with van der Waals surface area (Å²) in [7, 11) is 1.65. The van der Waals surface area contributed by atoms with Gasteiger partial charge in [0.2, 0.25) is 0 Å². The fourth-order valence-corrected chi connectivity index (χ4v) is 1.91. The van der Waals surface area contributed by atoms with Crippen LogP contribution in [-0.4, -0.2) is 22.9 Å². The number of rotatable bonds is 2. The summed E-state index contributed by atoms with van der Waals surface area (Å²) in [4.78, 5) is 21.4. The van der Waals surface area contributed by atoms with E-state index in [4.69, 9.17) is 23.2 Å². The predicted molar refractivity (Wildman–Crippen MR) is 71.2 cm³/mol. The number of nitrogens with zero attached hydrogens (tertiary/aromatic N) is 3. The van der Waals surface area contributed by atoms with Crippen LogP contribution in [0.5, 0.6) is 0 Å². The van der Waals surface area contributed by atoms with Crippen LogP contribution in [-0.2, 0) is 0 Å². The van der Waals surface area contributed by atoms with Crippen LogP contribution >= 0.6 is 23.2 Å². The van der Waals surface area contributed by atoms with Gasteiger partial charge in [0.25, 0.3) is 5.91 Å². The second-order valence-corrected chi connectivity index (χ2v) is 4.35. The Labute approximate surface area is 114 Å². The van der Waals surface area contributed by atoms with Crippen LogP contribution in [0.25, 0.3) is 0 Å². The number of amides is 1. The highest BCUT2D eigenvalue weighted by Crippen LogP contribution is 2.18. The minimum Gasteiger partial charge on any atom is -0.310 e. The second-order valence-electron chi connectivity index (χ2n) is 3.58. The quantitative estimate of drug-likeness (QED) is 0.795. The average Bonchev–Trinajstić information content (AvgIpc) is 2.37. The summed E-state index contributed by atoms with van der Waals surface area (Å²) in [5.74, 6) is -0.228. The van der Waals surface area contributed by atoms with Crippen LogP contribution < -0.4 is 4.90 Å². The zero-order valence-electron chi connectivity index (χ0n) is 9.47. The van der Waals surface area contributed by atoms with Crippen molar-refractivity contribution in [2.75, 3.05) is 11.9 Å². The van der Waals surface area contributed by atoms with Gasteiger partial charge >= 0.3 is 0 Å². The van der Waals surface area contributed by atoms with E-state index in [1.165, 1.54) is 17.0 Å². The Morgan fingerprint density at radius 2 is 1.94 bits per heavy atom. The van der Waals surface area contributed by atoms with Crippen LogP contribution in [0.3, 0.4) is 0 Å². The van der Waals surface area contributed by atoms with Crippen LogP contribution in [0.2, 0.25) is 10.3 Å². The molecule has 2 heterocycles. The standard InChI is InChI=1S/C12H9Cl2N3O/c1-17(9-3-2-4-15-7-9)12(18)8-5-10(13)16-11(14)6-8/h2-7H,1H3. The van der Waals surface area contributed by atoms with E-state index in [0.29, 0.717) is 11.3 Å². The Bertz CT molecular complexity index is 555. The lowest BCUT2D eigenvalue weighted by Gasteiger charge is -2.16. The van der Waals surface area contributed by atoms with Crippen LogP contribution in [0, 0.1) is 0 Å². The first kappa shape index (κ1) is 12.8. The molecule has 2 rings (SSSR count). The minimum absolute atomic E-state index is 0.186. The predicted octanol–water partition coefficient (Wildman–Crippen LogP) is 3.06. The van der Waals surface area contributed by atoms with Gasteiger partial charge in [-0.2, -0.15) is 0 Å². The Kier molecular flexibility index (Phi) is 3.79. The summed E-state index contributed by atoms with van der Waals surface area (Å²) in [5.41, 5.74) is 1.07. The van der Waals surface area contributed by atoms with Gasteiger partial charge in [0.05, 0.1) is 11.9 Å². The normalized spacial score (nSPS) is 10.2. The van der Waals surface area contributed by atoms with Crippen molar-refractivity contribution in [1.82, 2.24) is 9.97 Å². The van der Waals surface area contributed by atoms with Gasteiger partial charge in [-0.25, -0.2) is 4.98 Å². The monoisotopic (exact) mass is 281 g/mol.